The van der Waals surface area contributed by atoms with Gasteiger partial charge in [0.05, 0.1) is 0 Å². The molecule has 0 aromatic carbocycles. The van der Waals surface area contributed by atoms with Crippen LogP contribution in [0.2, 0.25) is 0 Å². The molecule has 4 heterocycles. The first-order valence-corrected chi connectivity index (χ1v) is 15.0. The molecule has 44 heavy (non-hydrogen) atoms. The van der Waals surface area contributed by atoms with Gasteiger partial charge < -0.3 is 30.5 Å². The summed E-state index contributed by atoms with van der Waals surface area (Å²) in [5, 5.41) is 24.7. The summed E-state index contributed by atoms with van der Waals surface area (Å²) in [4.78, 5) is 37.5. The Kier molecular flexibility index (Phi) is 13.4. The van der Waals surface area contributed by atoms with Crippen LogP contribution in [0, 0.1) is 20.8 Å². The van der Waals surface area contributed by atoms with Crippen LogP contribution in [0.25, 0.3) is 29.6 Å². The summed E-state index contributed by atoms with van der Waals surface area (Å²) in [7, 11) is 0. The van der Waals surface area contributed by atoms with Gasteiger partial charge in [-0.1, -0.05) is 54.0 Å². The second-order valence-corrected chi connectivity index (χ2v) is 12.2. The van der Waals surface area contributed by atoms with Crippen molar-refractivity contribution in [3.8, 4) is 0 Å². The molecule has 6 bridgehead atoms. The van der Waals surface area contributed by atoms with Gasteiger partial charge in [-0.05, 0) is 65.0 Å². The van der Waals surface area contributed by atoms with Gasteiger partial charge in [-0.2, -0.15) is 37.2 Å². The Balaban J connectivity index is 0.00000337. The van der Waals surface area contributed by atoms with Crippen LogP contribution >= 0.6 is 25.3 Å². The average Bonchev–Trinajstić information content (AvgIpc) is 3.47. The number of aliphatic carboxylic acids is 2. The van der Waals surface area contributed by atoms with Crippen LogP contribution in [0.15, 0.2) is 11.9 Å². The van der Waals surface area contributed by atoms with E-state index in [-0.39, 0.29) is 47.8 Å². The minimum Gasteiger partial charge on any atom is -0.668 e. The molecule has 0 saturated carbocycles. The van der Waals surface area contributed by atoms with Crippen LogP contribution in [0.1, 0.15) is 114 Å². The van der Waals surface area contributed by atoms with Crippen LogP contribution in [0.3, 0.4) is 0 Å². The molecule has 4 rings (SSSR count). The van der Waals surface area contributed by atoms with Crippen molar-refractivity contribution in [1.29, 1.82) is 0 Å². The van der Waals surface area contributed by atoms with Crippen molar-refractivity contribution >= 4 is 61.5 Å². The van der Waals surface area contributed by atoms with E-state index in [1.54, 1.807) is 6.20 Å². The van der Waals surface area contributed by atoms with Gasteiger partial charge >= 0.3 is 29.0 Å². The van der Waals surface area contributed by atoms with Crippen LogP contribution < -0.4 is 25.7 Å². The van der Waals surface area contributed by atoms with Crippen molar-refractivity contribution in [3.05, 3.63) is 84.1 Å². The summed E-state index contributed by atoms with van der Waals surface area (Å²) in [5.74, 6) is -1.77. The Labute approximate surface area is 280 Å². The van der Waals surface area contributed by atoms with E-state index in [1.165, 1.54) is 0 Å². The van der Waals surface area contributed by atoms with Gasteiger partial charge in [0.2, 0.25) is 0 Å². The van der Waals surface area contributed by atoms with Gasteiger partial charge in [0.1, 0.15) is 0 Å². The van der Waals surface area contributed by atoms with E-state index in [9.17, 15) is 19.8 Å². The fourth-order valence-corrected chi connectivity index (χ4v) is 6.09. The molecule has 11 heteroatoms. The molecule has 1 aliphatic heterocycles. The van der Waals surface area contributed by atoms with E-state index in [0.717, 1.165) is 55.5 Å². The number of fused-ring (bicyclic) bond motifs is 6. The Bertz CT molecular complexity index is 1690. The number of hydrogen-bond acceptors (Lipinski definition) is 4. The molecule has 0 amide bonds. The third kappa shape index (κ3) is 8.38. The summed E-state index contributed by atoms with van der Waals surface area (Å²) in [6.07, 6.45) is 10.4. The van der Waals surface area contributed by atoms with Gasteiger partial charge in [-0.15, -0.1) is 33.5 Å². The zero-order chi connectivity index (χ0) is 30.7. The Hall–Kier alpha value is -2.98. The zero-order valence-electron chi connectivity index (χ0n) is 24.8. The van der Waals surface area contributed by atoms with Crippen LogP contribution in [0.4, 0.5) is 0 Å². The van der Waals surface area contributed by atoms with E-state index in [2.05, 4.69) is 0 Å². The van der Waals surface area contributed by atoms with E-state index >= 15 is 0 Å². The first-order chi connectivity index (χ1) is 19.9. The number of carboxylic acid groups (broad SMARTS) is 2. The van der Waals surface area contributed by atoms with Crippen molar-refractivity contribution in [2.75, 3.05) is 0 Å². The Morgan fingerprint density at radius 1 is 0.750 bits per heavy atom. The number of allylic oxidation sites excluding steroid dienone is 1. The third-order valence-electron chi connectivity index (χ3n) is 7.57. The molecule has 0 radical (unpaired) electrons. The van der Waals surface area contributed by atoms with E-state index in [1.807, 2.05) is 58.9 Å². The molecule has 236 valence electrons. The molecule has 3 aromatic rings. The molecule has 2 atom stereocenters. The van der Waals surface area contributed by atoms with Crippen LogP contribution in [-0.4, -0.2) is 22.2 Å². The monoisotopic (exact) mass is 676 g/mol. The number of carbonyl (C=O) groups is 2. The minimum atomic E-state index is -0.893. The number of aromatic nitrogens is 3. The zero-order valence-corrected chi connectivity index (χ0v) is 27.7. The van der Waals surface area contributed by atoms with E-state index in [4.69, 9.17) is 45.5 Å². The average molecular weight is 677 g/mol. The van der Waals surface area contributed by atoms with Gasteiger partial charge in [-0.3, -0.25) is 9.59 Å². The quantitative estimate of drug-likeness (QED) is 0.168. The molecule has 2 N–H and O–H groups in total. The summed E-state index contributed by atoms with van der Waals surface area (Å²) < 4.78 is 0. The van der Waals surface area contributed by atoms with Gasteiger partial charge in [-0.25, -0.2) is 0 Å². The summed E-state index contributed by atoms with van der Waals surface area (Å²) in [6, 6.07) is 0. The Morgan fingerprint density at radius 3 is 1.98 bits per heavy atom. The number of nitrogens with zero attached hydrogens (tertiary/aromatic N) is 4. The molecule has 3 aromatic heterocycles. The second kappa shape index (κ2) is 15.8. The topological polar surface area (TPSA) is 131 Å². The molecule has 0 fully saturated rings. The van der Waals surface area contributed by atoms with Gasteiger partial charge in [0.15, 0.2) is 0 Å². The first-order valence-electron chi connectivity index (χ1n) is 13.9. The van der Waals surface area contributed by atoms with Crippen LogP contribution in [0.5, 0.6) is 0 Å². The fraction of sp³-hybridized carbons (Fsp3) is 0.394. The van der Waals surface area contributed by atoms with E-state index in [0.29, 0.717) is 36.3 Å². The maximum atomic E-state index is 11.5. The van der Waals surface area contributed by atoms with Crippen molar-refractivity contribution in [2.24, 2.45) is 0 Å². The molecule has 8 nitrogen and oxygen atoms in total. The van der Waals surface area contributed by atoms with Gasteiger partial charge in [0, 0.05) is 23.3 Å². The number of rotatable bonds is 9. The molecular formula is C33H40FeN4O4S2. The maximum Gasteiger partial charge on any atom is 4.00 e. The summed E-state index contributed by atoms with van der Waals surface area (Å²) in [6.45, 7) is 10.0. The summed E-state index contributed by atoms with van der Waals surface area (Å²) >= 11 is 9.51. The van der Waals surface area contributed by atoms with Gasteiger partial charge in [0.25, 0.3) is 0 Å². The smallest absolute Gasteiger partial charge is 0.668 e. The SMILES string of the molecule is C.Cc1c2[n-]c(c1CCC(=O)O)/C=C(/CCCC(=O)O)[N-]/C=C\c1[n-]c(c([C@H](C)S)c1C)/C=c1\[n-]/c(c([C@H](C)S)c1C)=C\2.[Fe+4]. The number of hydrogen-bond donors (Lipinski definition) is 4. The van der Waals surface area contributed by atoms with Crippen molar-refractivity contribution < 1.29 is 36.9 Å². The van der Waals surface area contributed by atoms with Crippen LogP contribution in [-0.2, 0) is 33.1 Å². The largest absolute Gasteiger partial charge is 4.00 e. The Morgan fingerprint density at radius 2 is 1.36 bits per heavy atom. The minimum absolute atomic E-state index is 0. The van der Waals surface area contributed by atoms with Crippen molar-refractivity contribution in [1.82, 2.24) is 15.0 Å². The standard InChI is InChI=1S/C32H36N4O4S2.CH4.Fe/c1-16-22(9-10-30(39)40)26-13-21(7-6-8-29(37)38)33-12-11-23-17(2)31(19(4)41)27(34-23)15-25-18(3)32(20(5)42)28(36-25)14-24(16)35-26;;/h11-15,19-20,41-42H,6-10H2,1-5H3,(H,37,38)(H,39,40);1H4;/q-4;;+4/b12-11-,21-13-,25-15-,28-14-;;/t19-,20-;;/m0../s1. The molecule has 0 spiro atoms. The first kappa shape index (κ1) is 37.2. The normalized spacial score (nSPS) is 17.2. The molecular weight excluding hydrogens is 636 g/mol. The van der Waals surface area contributed by atoms with E-state index < -0.39 is 11.9 Å². The molecule has 0 aliphatic carbocycles. The number of thiol groups is 2. The third-order valence-corrected chi connectivity index (χ3v) is 8.08. The molecule has 1 aliphatic rings. The van der Waals surface area contributed by atoms with Crippen molar-refractivity contribution in [2.45, 2.75) is 84.6 Å². The summed E-state index contributed by atoms with van der Waals surface area (Å²) in [5.41, 5.74) is 9.26. The number of carboxylic acids is 2. The second-order valence-electron chi connectivity index (χ2n) is 10.7. The molecule has 0 saturated heterocycles. The maximum absolute atomic E-state index is 11.5. The predicted octanol–water partition coefficient (Wildman–Crippen LogP) is 5.73. The van der Waals surface area contributed by atoms with Crippen molar-refractivity contribution in [3.63, 3.8) is 0 Å². The molecule has 0 unspecified atom stereocenters. The predicted molar refractivity (Wildman–Crippen MR) is 179 cm³/mol. The fourth-order valence-electron chi connectivity index (χ4n) is 5.44.